The normalized spacial score (nSPS) is 20.8. The third-order valence-corrected chi connectivity index (χ3v) is 3.68. The maximum atomic E-state index is 8.88. The Hall–Kier alpha value is -0.850. The highest BCUT2D eigenvalue weighted by Gasteiger charge is 2.21. The third-order valence-electron chi connectivity index (χ3n) is 2.70. The maximum Gasteiger partial charge on any atom is 0.110 e. The van der Waals surface area contributed by atoms with Crippen LogP contribution in [0.5, 0.6) is 0 Å². The summed E-state index contributed by atoms with van der Waals surface area (Å²) in [7, 11) is 1.99. The second kappa shape index (κ2) is 3.49. The summed E-state index contributed by atoms with van der Waals surface area (Å²) in [5.41, 5.74) is 2.69. The average Bonchev–Trinajstić information content (AvgIpc) is 2.59. The lowest BCUT2D eigenvalue weighted by atomic mass is 9.90. The van der Waals surface area contributed by atoms with E-state index in [0.717, 1.165) is 17.7 Å². The van der Waals surface area contributed by atoms with Crippen molar-refractivity contribution in [3.63, 3.8) is 0 Å². The fourth-order valence-corrected chi connectivity index (χ4v) is 2.80. The van der Waals surface area contributed by atoms with Crippen LogP contribution in [0.2, 0.25) is 0 Å². The smallest absolute Gasteiger partial charge is 0.110 e. The lowest BCUT2D eigenvalue weighted by Crippen LogP contribution is -2.31. The van der Waals surface area contributed by atoms with E-state index in [0.29, 0.717) is 6.04 Å². The average molecular weight is 192 g/mol. The molecule has 1 unspecified atom stereocenters. The van der Waals surface area contributed by atoms with Gasteiger partial charge < -0.3 is 5.32 Å². The van der Waals surface area contributed by atoms with Gasteiger partial charge in [0.2, 0.25) is 0 Å². The van der Waals surface area contributed by atoms with E-state index in [-0.39, 0.29) is 0 Å². The number of nitrogens with one attached hydrogen (secondary N) is 1. The zero-order valence-electron chi connectivity index (χ0n) is 7.63. The highest BCUT2D eigenvalue weighted by molar-refractivity contribution is 7.10. The van der Waals surface area contributed by atoms with Crippen LogP contribution in [0.4, 0.5) is 0 Å². The Morgan fingerprint density at radius 1 is 1.69 bits per heavy atom. The molecule has 1 heterocycles. The summed E-state index contributed by atoms with van der Waals surface area (Å²) in [6.07, 6.45) is 3.35. The lowest BCUT2D eigenvalue weighted by Gasteiger charge is -2.21. The summed E-state index contributed by atoms with van der Waals surface area (Å²) >= 11 is 1.59. The van der Waals surface area contributed by atoms with Crippen LogP contribution < -0.4 is 5.32 Å². The van der Waals surface area contributed by atoms with Crippen molar-refractivity contribution < 1.29 is 0 Å². The Balaban J connectivity index is 2.31. The van der Waals surface area contributed by atoms with Crippen molar-refractivity contribution in [2.24, 2.45) is 0 Å². The fraction of sp³-hybridized carbons (Fsp3) is 0.500. The molecule has 0 saturated heterocycles. The molecule has 0 aromatic carbocycles. The van der Waals surface area contributed by atoms with Gasteiger partial charge in [0.05, 0.1) is 0 Å². The summed E-state index contributed by atoms with van der Waals surface area (Å²) in [4.78, 5) is 0.912. The fourth-order valence-electron chi connectivity index (χ4n) is 1.87. The Labute approximate surface area is 82.2 Å². The quantitative estimate of drug-likeness (QED) is 0.735. The van der Waals surface area contributed by atoms with E-state index in [2.05, 4.69) is 16.8 Å². The third kappa shape index (κ3) is 1.48. The highest BCUT2D eigenvalue weighted by atomic mass is 32.1. The molecule has 68 valence electrons. The van der Waals surface area contributed by atoms with Gasteiger partial charge in [-0.2, -0.15) is 5.26 Å². The summed E-state index contributed by atoms with van der Waals surface area (Å²) in [5, 5.41) is 14.3. The van der Waals surface area contributed by atoms with E-state index in [4.69, 9.17) is 5.26 Å². The molecule has 1 aromatic rings. The number of nitrogens with zero attached hydrogens (tertiary/aromatic N) is 1. The maximum absolute atomic E-state index is 8.88. The molecule has 1 aromatic heterocycles. The summed E-state index contributed by atoms with van der Waals surface area (Å²) < 4.78 is 0. The molecule has 2 rings (SSSR count). The van der Waals surface area contributed by atoms with Gasteiger partial charge in [0.1, 0.15) is 10.9 Å². The first-order valence-electron chi connectivity index (χ1n) is 4.51. The van der Waals surface area contributed by atoms with Crippen LogP contribution in [0.1, 0.15) is 22.4 Å². The molecule has 0 fully saturated rings. The Bertz CT molecular complexity index is 348. The van der Waals surface area contributed by atoms with Gasteiger partial charge in [0.15, 0.2) is 0 Å². The van der Waals surface area contributed by atoms with Gasteiger partial charge in [-0.25, -0.2) is 0 Å². The number of fused-ring (bicyclic) bond motifs is 1. The first-order chi connectivity index (χ1) is 6.35. The van der Waals surface area contributed by atoms with E-state index < -0.39 is 0 Å². The second-order valence-electron chi connectivity index (χ2n) is 3.41. The van der Waals surface area contributed by atoms with E-state index in [1.54, 1.807) is 11.3 Å². The zero-order chi connectivity index (χ0) is 9.26. The van der Waals surface area contributed by atoms with Crippen molar-refractivity contribution in [2.75, 3.05) is 7.05 Å². The predicted octanol–water partition coefficient (Wildman–Crippen LogP) is 1.70. The van der Waals surface area contributed by atoms with Crippen LogP contribution in [0.3, 0.4) is 0 Å². The minimum absolute atomic E-state index is 0.564. The Kier molecular flexibility index (Phi) is 2.34. The standard InChI is InChI=1S/C10H12N2S/c1-12-8-3-2-7-6-13-10(5-11)9(7)4-8/h6,8,12H,2-4H2,1H3. The van der Waals surface area contributed by atoms with Crippen molar-refractivity contribution in [3.8, 4) is 6.07 Å². The number of hydrogen-bond donors (Lipinski definition) is 1. The summed E-state index contributed by atoms with van der Waals surface area (Å²) in [6, 6.07) is 2.83. The van der Waals surface area contributed by atoms with E-state index >= 15 is 0 Å². The molecule has 1 N–H and O–H groups in total. The van der Waals surface area contributed by atoms with Crippen LogP contribution in [0, 0.1) is 11.3 Å². The van der Waals surface area contributed by atoms with Crippen molar-refractivity contribution in [2.45, 2.75) is 25.3 Å². The van der Waals surface area contributed by atoms with Gasteiger partial charge in [0, 0.05) is 6.04 Å². The van der Waals surface area contributed by atoms with Crippen LogP contribution >= 0.6 is 11.3 Å². The monoisotopic (exact) mass is 192 g/mol. The molecular formula is C10H12N2S. The number of rotatable bonds is 1. The number of nitriles is 1. The molecule has 0 spiro atoms. The SMILES string of the molecule is CNC1CCc2csc(C#N)c2C1. The molecule has 0 radical (unpaired) electrons. The first kappa shape index (κ1) is 8.74. The number of likely N-dealkylation sites (N-methyl/N-ethyl adjacent to an activating group) is 1. The largest absolute Gasteiger partial charge is 0.317 e. The van der Waals surface area contributed by atoms with Crippen molar-refractivity contribution >= 4 is 11.3 Å². The Morgan fingerprint density at radius 3 is 3.23 bits per heavy atom. The minimum Gasteiger partial charge on any atom is -0.317 e. The van der Waals surface area contributed by atoms with Crippen molar-refractivity contribution in [3.05, 3.63) is 21.4 Å². The molecule has 1 atom stereocenters. The van der Waals surface area contributed by atoms with Crippen LogP contribution in [-0.4, -0.2) is 13.1 Å². The van der Waals surface area contributed by atoms with Gasteiger partial charge in [-0.3, -0.25) is 0 Å². The van der Waals surface area contributed by atoms with Gasteiger partial charge in [-0.1, -0.05) is 0 Å². The van der Waals surface area contributed by atoms with Crippen LogP contribution in [-0.2, 0) is 12.8 Å². The highest BCUT2D eigenvalue weighted by Crippen LogP contribution is 2.29. The topological polar surface area (TPSA) is 35.8 Å². The van der Waals surface area contributed by atoms with Gasteiger partial charge in [0.25, 0.3) is 0 Å². The number of thiophene rings is 1. The van der Waals surface area contributed by atoms with E-state index in [9.17, 15) is 0 Å². The van der Waals surface area contributed by atoms with Gasteiger partial charge in [-0.05, 0) is 42.8 Å². The number of hydrogen-bond acceptors (Lipinski definition) is 3. The second-order valence-corrected chi connectivity index (χ2v) is 4.29. The molecule has 2 nitrogen and oxygen atoms in total. The molecule has 13 heavy (non-hydrogen) atoms. The lowest BCUT2D eigenvalue weighted by molar-refractivity contribution is 0.497. The minimum atomic E-state index is 0.564. The molecular weight excluding hydrogens is 180 g/mol. The van der Waals surface area contributed by atoms with Crippen LogP contribution in [0.25, 0.3) is 0 Å². The predicted molar refractivity (Wildman–Crippen MR) is 53.9 cm³/mol. The van der Waals surface area contributed by atoms with Gasteiger partial charge in [-0.15, -0.1) is 11.3 Å². The molecule has 0 bridgehead atoms. The molecule has 0 saturated carbocycles. The summed E-state index contributed by atoms with van der Waals surface area (Å²) in [5.74, 6) is 0. The molecule has 0 aliphatic heterocycles. The van der Waals surface area contributed by atoms with Crippen LogP contribution in [0.15, 0.2) is 5.38 Å². The Morgan fingerprint density at radius 2 is 2.54 bits per heavy atom. The van der Waals surface area contributed by atoms with Crippen molar-refractivity contribution in [1.29, 1.82) is 5.26 Å². The van der Waals surface area contributed by atoms with E-state index in [1.165, 1.54) is 17.5 Å². The van der Waals surface area contributed by atoms with Gasteiger partial charge >= 0.3 is 0 Å². The zero-order valence-corrected chi connectivity index (χ0v) is 8.45. The summed E-state index contributed by atoms with van der Waals surface area (Å²) in [6.45, 7) is 0. The first-order valence-corrected chi connectivity index (χ1v) is 5.39. The number of aryl methyl sites for hydroxylation is 1. The molecule has 3 heteroatoms. The van der Waals surface area contributed by atoms with E-state index in [1.807, 2.05) is 7.05 Å². The molecule has 0 amide bonds. The molecule has 1 aliphatic carbocycles. The van der Waals surface area contributed by atoms with Crippen molar-refractivity contribution in [1.82, 2.24) is 5.32 Å². The molecule has 1 aliphatic rings.